The molecular weight excluding hydrogens is 404 g/mol. The van der Waals surface area contributed by atoms with E-state index in [1.165, 1.54) is 23.8 Å². The average Bonchev–Trinajstić information content (AvgIpc) is 2.78. The Bertz CT molecular complexity index is 795. The molecule has 6 nitrogen and oxygen atoms in total. The van der Waals surface area contributed by atoms with Gasteiger partial charge in [-0.2, -0.15) is 0 Å². The molecule has 0 bridgehead atoms. The number of alkyl carbamates (subject to hydrolysis) is 1. The first kappa shape index (κ1) is 24.2. The number of benzene rings is 2. The minimum Gasteiger partial charge on any atom is -0.453 e. The van der Waals surface area contributed by atoms with E-state index >= 15 is 0 Å². The number of rotatable bonds is 6. The van der Waals surface area contributed by atoms with Crippen molar-refractivity contribution in [1.29, 1.82) is 0 Å². The summed E-state index contributed by atoms with van der Waals surface area (Å²) in [5.74, 6) is 0. The van der Waals surface area contributed by atoms with Gasteiger partial charge in [0.2, 0.25) is 0 Å². The van der Waals surface area contributed by atoms with E-state index in [1.54, 1.807) is 0 Å². The van der Waals surface area contributed by atoms with E-state index in [1.807, 2.05) is 12.1 Å². The van der Waals surface area contributed by atoms with Crippen molar-refractivity contribution in [3.63, 3.8) is 0 Å². The van der Waals surface area contributed by atoms with Crippen molar-refractivity contribution in [2.24, 2.45) is 0 Å². The highest BCUT2D eigenvalue weighted by Gasteiger charge is 2.17. The molecule has 7 heteroatoms. The molecule has 1 fully saturated rings. The lowest BCUT2D eigenvalue weighted by Gasteiger charge is -2.25. The number of aliphatic hydroxyl groups excluding tert-OH is 1. The molecule has 3 N–H and O–H groups in total. The molecular formula is C23H31ClN2O4. The molecule has 1 atom stereocenters. The predicted octanol–water partition coefficient (Wildman–Crippen LogP) is 3.44. The van der Waals surface area contributed by atoms with Gasteiger partial charge < -0.3 is 25.2 Å². The van der Waals surface area contributed by atoms with Crippen LogP contribution in [0.3, 0.4) is 0 Å². The van der Waals surface area contributed by atoms with Gasteiger partial charge in [0, 0.05) is 36.6 Å². The Labute approximate surface area is 183 Å². The lowest BCUT2D eigenvalue weighted by atomic mass is 9.94. The fourth-order valence-electron chi connectivity index (χ4n) is 3.24. The Morgan fingerprint density at radius 2 is 2.13 bits per heavy atom. The summed E-state index contributed by atoms with van der Waals surface area (Å²) in [7, 11) is 1.27. The van der Waals surface area contributed by atoms with Crippen molar-refractivity contribution in [3.05, 3.63) is 58.6 Å². The summed E-state index contributed by atoms with van der Waals surface area (Å²) in [4.78, 5) is 10.1. The molecule has 0 aromatic heterocycles. The molecule has 1 saturated heterocycles. The zero-order chi connectivity index (χ0) is 21.8. The minimum absolute atomic E-state index is 0.0604. The van der Waals surface area contributed by atoms with Gasteiger partial charge >= 0.3 is 6.09 Å². The highest BCUT2D eigenvalue weighted by molar-refractivity contribution is 6.33. The summed E-state index contributed by atoms with van der Waals surface area (Å²) in [5, 5.41) is 14.6. The standard InChI is InChI=1S/C19H22ClNO.C4H9NO3/c1-2-14-5-3-6-15(11-14)19-16(7-4-8-18(19)20)12-17-13-21-9-10-22-17;1-8-4(7)5-2-3-6/h3-8,11,17,21H,2,9-10,12-13H2,1H3;6H,2-3H2,1H3,(H,5,7). The van der Waals surface area contributed by atoms with Crippen LogP contribution in [0, 0.1) is 0 Å². The maximum Gasteiger partial charge on any atom is 0.406 e. The second-order valence-corrected chi connectivity index (χ2v) is 7.28. The summed E-state index contributed by atoms with van der Waals surface area (Å²) in [6.45, 7) is 4.99. The van der Waals surface area contributed by atoms with E-state index < -0.39 is 6.09 Å². The van der Waals surface area contributed by atoms with Crippen molar-refractivity contribution in [2.45, 2.75) is 25.9 Å². The number of methoxy groups -OCH3 is 1. The first-order chi connectivity index (χ1) is 14.6. The van der Waals surface area contributed by atoms with Crippen molar-refractivity contribution >= 4 is 17.7 Å². The number of nitrogens with one attached hydrogen (secondary N) is 2. The maximum absolute atomic E-state index is 10.1. The van der Waals surface area contributed by atoms with Crippen LogP contribution in [-0.2, 0) is 22.3 Å². The lowest BCUT2D eigenvalue weighted by molar-refractivity contribution is 0.0293. The topological polar surface area (TPSA) is 79.8 Å². The van der Waals surface area contributed by atoms with Gasteiger partial charge in [0.25, 0.3) is 0 Å². The number of aryl methyl sites for hydroxylation is 1. The molecule has 1 aliphatic rings. The molecule has 0 radical (unpaired) electrons. The third-order valence-electron chi connectivity index (χ3n) is 4.74. The van der Waals surface area contributed by atoms with Crippen LogP contribution in [0.4, 0.5) is 4.79 Å². The van der Waals surface area contributed by atoms with E-state index in [0.717, 1.165) is 43.1 Å². The Balaban J connectivity index is 0.000000343. The quantitative estimate of drug-likeness (QED) is 0.649. The molecule has 0 saturated carbocycles. The fraction of sp³-hybridized carbons (Fsp3) is 0.435. The molecule has 0 spiro atoms. The third-order valence-corrected chi connectivity index (χ3v) is 5.06. The summed E-state index contributed by atoms with van der Waals surface area (Å²) in [6, 6.07) is 14.8. The van der Waals surface area contributed by atoms with E-state index in [9.17, 15) is 4.79 Å². The lowest BCUT2D eigenvalue weighted by Crippen LogP contribution is -2.39. The van der Waals surface area contributed by atoms with Crippen LogP contribution in [0.2, 0.25) is 5.02 Å². The van der Waals surface area contributed by atoms with E-state index in [4.69, 9.17) is 21.4 Å². The van der Waals surface area contributed by atoms with Crippen LogP contribution in [0.25, 0.3) is 11.1 Å². The smallest absolute Gasteiger partial charge is 0.406 e. The second kappa shape index (κ2) is 13.2. The zero-order valence-corrected chi connectivity index (χ0v) is 18.4. The Kier molecular flexibility index (Phi) is 10.7. The number of aliphatic hydroxyl groups is 1. The highest BCUT2D eigenvalue weighted by Crippen LogP contribution is 2.33. The van der Waals surface area contributed by atoms with Crippen molar-refractivity contribution in [1.82, 2.24) is 10.6 Å². The normalized spacial score (nSPS) is 15.7. The molecule has 2 aromatic carbocycles. The van der Waals surface area contributed by atoms with E-state index in [0.29, 0.717) is 0 Å². The second-order valence-electron chi connectivity index (χ2n) is 6.87. The molecule has 1 amide bonds. The van der Waals surface area contributed by atoms with Crippen LogP contribution in [0.1, 0.15) is 18.1 Å². The van der Waals surface area contributed by atoms with Crippen LogP contribution in [0.15, 0.2) is 42.5 Å². The van der Waals surface area contributed by atoms with Crippen molar-refractivity contribution < 1.29 is 19.4 Å². The SMILES string of the molecule is CCc1cccc(-c2c(Cl)cccc2CC2CNCCO2)c1.COC(=O)NCCO. The number of morpholine rings is 1. The van der Waals surface area contributed by atoms with Crippen molar-refractivity contribution in [2.75, 3.05) is 40.0 Å². The number of halogens is 1. The average molecular weight is 435 g/mol. The summed E-state index contributed by atoms with van der Waals surface area (Å²) in [6.07, 6.45) is 1.63. The first-order valence-electron chi connectivity index (χ1n) is 10.2. The van der Waals surface area contributed by atoms with Gasteiger partial charge in [0.1, 0.15) is 0 Å². The summed E-state index contributed by atoms with van der Waals surface area (Å²) < 4.78 is 10.0. The third kappa shape index (κ3) is 7.61. The summed E-state index contributed by atoms with van der Waals surface area (Å²) >= 11 is 6.52. The van der Waals surface area contributed by atoms with Crippen LogP contribution >= 0.6 is 11.6 Å². The van der Waals surface area contributed by atoms with Crippen LogP contribution < -0.4 is 10.6 Å². The highest BCUT2D eigenvalue weighted by atomic mass is 35.5. The molecule has 1 heterocycles. The Morgan fingerprint density at radius 3 is 2.80 bits per heavy atom. The summed E-state index contributed by atoms with van der Waals surface area (Å²) in [5.41, 5.74) is 4.94. The number of hydrogen-bond acceptors (Lipinski definition) is 5. The van der Waals surface area contributed by atoms with Crippen LogP contribution in [-0.4, -0.2) is 57.3 Å². The maximum atomic E-state index is 10.1. The molecule has 2 aromatic rings. The minimum atomic E-state index is -0.515. The van der Waals surface area contributed by atoms with Gasteiger partial charge in [-0.15, -0.1) is 0 Å². The number of carbonyl (C=O) groups excluding carboxylic acids is 1. The molecule has 30 heavy (non-hydrogen) atoms. The Morgan fingerprint density at radius 1 is 1.33 bits per heavy atom. The monoisotopic (exact) mass is 434 g/mol. The van der Waals surface area contributed by atoms with E-state index in [-0.39, 0.29) is 19.3 Å². The van der Waals surface area contributed by atoms with Crippen LogP contribution in [0.5, 0.6) is 0 Å². The largest absolute Gasteiger partial charge is 0.453 e. The molecule has 164 valence electrons. The fourth-order valence-corrected chi connectivity index (χ4v) is 3.54. The van der Waals surface area contributed by atoms with E-state index in [2.05, 4.69) is 52.6 Å². The van der Waals surface area contributed by atoms with Gasteiger partial charge in [0.15, 0.2) is 0 Å². The molecule has 1 unspecified atom stereocenters. The van der Waals surface area contributed by atoms with Crippen molar-refractivity contribution in [3.8, 4) is 11.1 Å². The molecule has 1 aliphatic heterocycles. The van der Waals surface area contributed by atoms with Gasteiger partial charge in [0.05, 0.1) is 26.4 Å². The number of amides is 1. The first-order valence-corrected chi connectivity index (χ1v) is 10.6. The molecule has 3 rings (SSSR count). The van der Waals surface area contributed by atoms with Gasteiger partial charge in [-0.25, -0.2) is 4.79 Å². The molecule has 0 aliphatic carbocycles. The number of hydrogen-bond donors (Lipinski definition) is 3. The van der Waals surface area contributed by atoms with Gasteiger partial charge in [-0.05, 0) is 29.2 Å². The number of ether oxygens (including phenoxy) is 2. The zero-order valence-electron chi connectivity index (χ0n) is 17.6. The Hall–Kier alpha value is -2.12. The van der Waals surface area contributed by atoms with Gasteiger partial charge in [-0.3, -0.25) is 0 Å². The number of carbonyl (C=O) groups is 1. The predicted molar refractivity (Wildman–Crippen MR) is 120 cm³/mol. The van der Waals surface area contributed by atoms with Gasteiger partial charge in [-0.1, -0.05) is 54.9 Å².